The van der Waals surface area contributed by atoms with Gasteiger partial charge in [-0.3, -0.25) is 0 Å². The molecule has 3 aromatic rings. The van der Waals surface area contributed by atoms with Crippen molar-refractivity contribution < 1.29 is 9.42 Å². The molecule has 110 valence electrons. The van der Waals surface area contributed by atoms with Gasteiger partial charge in [-0.25, -0.2) is 10.2 Å². The summed E-state index contributed by atoms with van der Waals surface area (Å²) < 4.78 is 5.72. The van der Waals surface area contributed by atoms with Gasteiger partial charge in [0.05, 0.1) is 11.4 Å². The lowest BCUT2D eigenvalue weighted by atomic mass is 10.1. The summed E-state index contributed by atoms with van der Waals surface area (Å²) in [6.07, 6.45) is 0. The summed E-state index contributed by atoms with van der Waals surface area (Å²) in [5.74, 6) is 0.570. The molecule has 0 spiro atoms. The normalized spacial score (nSPS) is 15.0. The van der Waals surface area contributed by atoms with Gasteiger partial charge in [0.2, 0.25) is 0 Å². The first-order valence-electron chi connectivity index (χ1n) is 7.08. The van der Waals surface area contributed by atoms with E-state index in [1.165, 1.54) is 0 Å². The zero-order valence-electron chi connectivity index (χ0n) is 12.0. The molecule has 1 heterocycles. The van der Waals surface area contributed by atoms with Crippen LogP contribution in [0.1, 0.15) is 5.56 Å². The quantitative estimate of drug-likeness (QED) is 0.700. The van der Waals surface area contributed by atoms with E-state index >= 15 is 0 Å². The topological polar surface area (TPSA) is 56.4 Å². The predicted octanol–water partition coefficient (Wildman–Crippen LogP) is 4.10. The molecule has 0 saturated carbocycles. The smallest absolute Gasteiger partial charge is 0.345 e. The third-order valence-electron chi connectivity index (χ3n) is 3.69. The van der Waals surface area contributed by atoms with Gasteiger partial charge in [-0.2, -0.15) is 0 Å². The highest BCUT2D eigenvalue weighted by Gasteiger charge is 2.36. The highest BCUT2D eigenvalue weighted by atomic mass is 31.2. The Morgan fingerprint density at radius 2 is 1.45 bits per heavy atom. The van der Waals surface area contributed by atoms with Gasteiger partial charge in [-0.05, 0) is 36.6 Å². The molecule has 0 bridgehead atoms. The second kappa shape index (κ2) is 4.87. The lowest BCUT2D eigenvalue weighted by Crippen LogP contribution is -2.31. The van der Waals surface area contributed by atoms with Crippen LogP contribution >= 0.6 is 8.02 Å². The van der Waals surface area contributed by atoms with Crippen molar-refractivity contribution in [1.29, 1.82) is 0 Å². The van der Waals surface area contributed by atoms with Crippen molar-refractivity contribution in [3.8, 4) is 5.75 Å². The van der Waals surface area contributed by atoms with Gasteiger partial charge < -0.3 is 9.42 Å². The largest absolute Gasteiger partial charge is 0.610 e. The fourth-order valence-corrected chi connectivity index (χ4v) is 4.24. The van der Waals surface area contributed by atoms with Crippen LogP contribution in [-0.2, 0) is 0 Å². The second-order valence-electron chi connectivity index (χ2n) is 5.39. The maximum atomic E-state index is 13.0. The Kier molecular flexibility index (Phi) is 2.96. The van der Waals surface area contributed by atoms with Gasteiger partial charge in [-0.15, -0.1) is 0 Å². The summed E-state index contributed by atoms with van der Waals surface area (Å²) in [7, 11) is -3.24. The molecule has 0 saturated heterocycles. The van der Waals surface area contributed by atoms with Crippen molar-refractivity contribution in [1.82, 2.24) is 0 Å². The monoisotopic (exact) mass is 310 g/mol. The van der Waals surface area contributed by atoms with E-state index in [4.69, 9.17) is 4.52 Å². The molecule has 1 aliphatic rings. The van der Waals surface area contributed by atoms with Gasteiger partial charge in [0.15, 0.2) is 5.75 Å². The third kappa shape index (κ3) is 2.27. The lowest BCUT2D eigenvalue weighted by Gasteiger charge is -2.34. The van der Waals surface area contributed by atoms with E-state index in [1.54, 1.807) is 0 Å². The molecule has 0 amide bonds. The van der Waals surface area contributed by atoms with Crippen molar-refractivity contribution in [3.05, 3.63) is 66.2 Å². The zero-order chi connectivity index (χ0) is 15.2. The van der Waals surface area contributed by atoms with E-state index in [9.17, 15) is 4.89 Å². The minimum absolute atomic E-state index is 0.570. The molecule has 0 aromatic heterocycles. The Labute approximate surface area is 129 Å². The Balaban J connectivity index is 1.72. The van der Waals surface area contributed by atoms with Gasteiger partial charge >= 0.3 is 8.02 Å². The summed E-state index contributed by atoms with van der Waals surface area (Å²) in [6, 6.07) is 19.3. The van der Waals surface area contributed by atoms with Crippen molar-refractivity contribution in [3.63, 3.8) is 0 Å². The molecule has 2 N–H and O–H groups in total. The predicted molar refractivity (Wildman–Crippen MR) is 89.9 cm³/mol. The van der Waals surface area contributed by atoms with E-state index in [2.05, 4.69) is 10.2 Å². The van der Waals surface area contributed by atoms with Crippen molar-refractivity contribution in [2.75, 3.05) is 10.2 Å². The number of nitrogens with one attached hydrogen (secondary N) is 2. The van der Waals surface area contributed by atoms with Crippen LogP contribution in [0, 0.1) is 6.92 Å². The molecule has 0 fully saturated rings. The van der Waals surface area contributed by atoms with Crippen LogP contribution in [0.25, 0.3) is 10.8 Å². The summed E-state index contributed by atoms with van der Waals surface area (Å²) >= 11 is 0. The zero-order valence-corrected chi connectivity index (χ0v) is 12.9. The SMILES string of the molecule is Cc1ccc(O[P+]2([O-])Nc3cccc4cccc(c34)N2)cc1. The Morgan fingerprint density at radius 1 is 0.864 bits per heavy atom. The molecule has 3 aromatic carbocycles. The van der Waals surface area contributed by atoms with Gasteiger partial charge in [0.1, 0.15) is 0 Å². The minimum Gasteiger partial charge on any atom is -0.610 e. The average molecular weight is 310 g/mol. The molecule has 22 heavy (non-hydrogen) atoms. The van der Waals surface area contributed by atoms with E-state index in [1.807, 2.05) is 67.6 Å². The highest BCUT2D eigenvalue weighted by Crippen LogP contribution is 2.56. The highest BCUT2D eigenvalue weighted by molar-refractivity contribution is 7.67. The van der Waals surface area contributed by atoms with Crippen LogP contribution in [0.2, 0.25) is 0 Å². The van der Waals surface area contributed by atoms with E-state index in [0.29, 0.717) is 5.75 Å². The Bertz CT molecular complexity index is 808. The van der Waals surface area contributed by atoms with Crippen LogP contribution in [0.4, 0.5) is 11.4 Å². The maximum absolute atomic E-state index is 13.0. The minimum atomic E-state index is -3.24. The van der Waals surface area contributed by atoms with Crippen molar-refractivity contribution >= 4 is 30.2 Å². The summed E-state index contributed by atoms with van der Waals surface area (Å²) in [5.41, 5.74) is 2.77. The number of anilines is 2. The average Bonchev–Trinajstić information content (AvgIpc) is 2.50. The Morgan fingerprint density at radius 3 is 2.05 bits per heavy atom. The fourth-order valence-electron chi connectivity index (χ4n) is 2.67. The number of aryl methyl sites for hydroxylation is 1. The van der Waals surface area contributed by atoms with Gasteiger partial charge in [0, 0.05) is 5.39 Å². The molecular formula is C17H15N2O2P. The molecular weight excluding hydrogens is 295 g/mol. The molecule has 4 rings (SSSR count). The number of hydrogen-bond donors (Lipinski definition) is 2. The Hall–Kier alpha value is -2.29. The van der Waals surface area contributed by atoms with Crippen LogP contribution in [0.15, 0.2) is 60.7 Å². The molecule has 1 aliphatic heterocycles. The molecule has 0 atom stereocenters. The van der Waals surface area contributed by atoms with Crippen LogP contribution in [-0.4, -0.2) is 0 Å². The second-order valence-corrected chi connectivity index (χ2v) is 7.12. The van der Waals surface area contributed by atoms with Gasteiger partial charge in [0.25, 0.3) is 0 Å². The van der Waals surface area contributed by atoms with E-state index in [-0.39, 0.29) is 0 Å². The van der Waals surface area contributed by atoms with Crippen molar-refractivity contribution in [2.24, 2.45) is 0 Å². The third-order valence-corrected chi connectivity index (χ3v) is 5.23. The lowest BCUT2D eigenvalue weighted by molar-refractivity contribution is -0.181. The fraction of sp³-hybridized carbons (Fsp3) is 0.0588. The maximum Gasteiger partial charge on any atom is 0.345 e. The first kappa shape index (κ1) is 13.4. The summed E-state index contributed by atoms with van der Waals surface area (Å²) in [4.78, 5) is 13.0. The molecule has 0 radical (unpaired) electrons. The van der Waals surface area contributed by atoms with Crippen molar-refractivity contribution in [2.45, 2.75) is 6.92 Å². The van der Waals surface area contributed by atoms with Gasteiger partial charge in [-0.1, -0.05) is 42.0 Å². The summed E-state index contributed by atoms with van der Waals surface area (Å²) in [5, 5.41) is 8.17. The van der Waals surface area contributed by atoms with Crippen LogP contribution in [0.5, 0.6) is 5.75 Å². The first-order valence-corrected chi connectivity index (χ1v) is 8.70. The number of benzene rings is 3. The molecule has 0 unspecified atom stereocenters. The molecule has 5 heteroatoms. The molecule has 4 nitrogen and oxygen atoms in total. The number of rotatable bonds is 2. The van der Waals surface area contributed by atoms with E-state index < -0.39 is 8.02 Å². The van der Waals surface area contributed by atoms with Crippen LogP contribution in [0.3, 0.4) is 0 Å². The standard InChI is InChI=1S/C17H15N2O2P/c1-12-8-10-14(11-9-12)21-22(20)18-15-6-2-4-13-5-3-7-16(19-22)17(13)15/h2-11H,1H3,(H2,18,19,20). The van der Waals surface area contributed by atoms with Crippen LogP contribution < -0.4 is 19.6 Å². The first-order chi connectivity index (χ1) is 10.6. The van der Waals surface area contributed by atoms with E-state index in [0.717, 1.165) is 27.7 Å². The number of hydrogen-bond acceptors (Lipinski definition) is 4. The summed E-state index contributed by atoms with van der Waals surface area (Å²) in [6.45, 7) is 2.00. The molecule has 0 aliphatic carbocycles.